The van der Waals surface area contributed by atoms with Crippen molar-refractivity contribution in [2.75, 3.05) is 11.9 Å². The summed E-state index contributed by atoms with van der Waals surface area (Å²) in [4.78, 5) is 20.1. The zero-order valence-corrected chi connectivity index (χ0v) is 12.4. The number of ether oxygens (including phenoxy) is 1. The lowest BCUT2D eigenvalue weighted by molar-refractivity contribution is -0.147. The highest BCUT2D eigenvalue weighted by atomic mass is 16.5. The van der Waals surface area contributed by atoms with E-state index >= 15 is 0 Å². The van der Waals surface area contributed by atoms with Gasteiger partial charge in [-0.05, 0) is 19.9 Å². The molecule has 0 bridgehead atoms. The van der Waals surface area contributed by atoms with Crippen LogP contribution in [-0.4, -0.2) is 28.6 Å². The first-order valence-electron chi connectivity index (χ1n) is 6.56. The molecular formula is C14H23N3O2. The standard InChI is InChI=1S/C14H23N3O2/c1-10(2)19-12(18)7-9-15-11-6-8-16-13(17-11)14(3,4)5/h6,8,10H,7,9H2,1-5H3,(H,15,16,17). The van der Waals surface area contributed by atoms with Gasteiger partial charge in [0.05, 0.1) is 12.5 Å². The summed E-state index contributed by atoms with van der Waals surface area (Å²) in [5, 5.41) is 3.11. The van der Waals surface area contributed by atoms with Gasteiger partial charge in [0.2, 0.25) is 0 Å². The number of hydrogen-bond acceptors (Lipinski definition) is 5. The fourth-order valence-electron chi connectivity index (χ4n) is 1.43. The Kier molecular flexibility index (Phi) is 5.27. The highest BCUT2D eigenvalue weighted by Crippen LogP contribution is 2.18. The molecule has 0 saturated carbocycles. The van der Waals surface area contributed by atoms with Gasteiger partial charge in [0.15, 0.2) is 0 Å². The molecule has 0 aliphatic heterocycles. The molecule has 1 rings (SSSR count). The van der Waals surface area contributed by atoms with Gasteiger partial charge in [0.1, 0.15) is 11.6 Å². The van der Waals surface area contributed by atoms with Gasteiger partial charge in [-0.1, -0.05) is 20.8 Å². The number of anilines is 1. The molecule has 0 aliphatic carbocycles. The SMILES string of the molecule is CC(C)OC(=O)CCNc1ccnc(C(C)(C)C)n1. The number of hydrogen-bond donors (Lipinski definition) is 1. The molecule has 1 aromatic rings. The monoisotopic (exact) mass is 265 g/mol. The lowest BCUT2D eigenvalue weighted by Gasteiger charge is -2.17. The summed E-state index contributed by atoms with van der Waals surface area (Å²) < 4.78 is 5.05. The van der Waals surface area contributed by atoms with Crippen LogP contribution in [0.2, 0.25) is 0 Å². The Labute approximate surface area is 114 Å². The summed E-state index contributed by atoms with van der Waals surface area (Å²) in [6.07, 6.45) is 1.98. The summed E-state index contributed by atoms with van der Waals surface area (Å²) in [7, 11) is 0. The van der Waals surface area contributed by atoms with Crippen molar-refractivity contribution >= 4 is 11.8 Å². The van der Waals surface area contributed by atoms with Crippen LogP contribution < -0.4 is 5.32 Å². The molecule has 0 aromatic carbocycles. The van der Waals surface area contributed by atoms with Gasteiger partial charge in [-0.15, -0.1) is 0 Å². The summed E-state index contributed by atoms with van der Waals surface area (Å²) in [6, 6.07) is 1.79. The zero-order chi connectivity index (χ0) is 14.5. The van der Waals surface area contributed by atoms with Gasteiger partial charge in [0.25, 0.3) is 0 Å². The average Bonchev–Trinajstić information content (AvgIpc) is 2.27. The molecule has 19 heavy (non-hydrogen) atoms. The third kappa shape index (κ3) is 5.68. The van der Waals surface area contributed by atoms with Crippen molar-refractivity contribution in [1.82, 2.24) is 9.97 Å². The van der Waals surface area contributed by atoms with Gasteiger partial charge >= 0.3 is 5.97 Å². The first-order valence-corrected chi connectivity index (χ1v) is 6.56. The van der Waals surface area contributed by atoms with Crippen LogP contribution in [0.3, 0.4) is 0 Å². The summed E-state index contributed by atoms with van der Waals surface area (Å²) >= 11 is 0. The van der Waals surface area contributed by atoms with E-state index in [0.717, 1.165) is 11.6 Å². The van der Waals surface area contributed by atoms with E-state index < -0.39 is 0 Å². The van der Waals surface area contributed by atoms with E-state index in [9.17, 15) is 4.79 Å². The van der Waals surface area contributed by atoms with Crippen molar-refractivity contribution in [3.05, 3.63) is 18.1 Å². The van der Waals surface area contributed by atoms with Crippen LogP contribution in [0.1, 0.15) is 46.9 Å². The smallest absolute Gasteiger partial charge is 0.307 e. The Morgan fingerprint density at radius 1 is 1.42 bits per heavy atom. The van der Waals surface area contributed by atoms with E-state index in [1.165, 1.54) is 0 Å². The first-order chi connectivity index (χ1) is 8.79. The normalized spacial score (nSPS) is 11.5. The second kappa shape index (κ2) is 6.50. The largest absolute Gasteiger partial charge is 0.463 e. The summed E-state index contributed by atoms with van der Waals surface area (Å²) in [5.41, 5.74) is -0.0890. The maximum Gasteiger partial charge on any atom is 0.307 e. The third-order valence-electron chi connectivity index (χ3n) is 2.33. The van der Waals surface area contributed by atoms with Crippen molar-refractivity contribution in [2.45, 2.75) is 52.6 Å². The van der Waals surface area contributed by atoms with Crippen LogP contribution in [0.4, 0.5) is 5.82 Å². The van der Waals surface area contributed by atoms with Gasteiger partial charge in [-0.2, -0.15) is 0 Å². The fourth-order valence-corrected chi connectivity index (χ4v) is 1.43. The first kappa shape index (κ1) is 15.4. The number of carbonyl (C=O) groups excluding carboxylic acids is 1. The maximum absolute atomic E-state index is 11.4. The topological polar surface area (TPSA) is 64.1 Å². The molecule has 5 nitrogen and oxygen atoms in total. The zero-order valence-electron chi connectivity index (χ0n) is 12.4. The number of nitrogens with zero attached hydrogens (tertiary/aromatic N) is 2. The van der Waals surface area contributed by atoms with E-state index in [0.29, 0.717) is 13.0 Å². The fraction of sp³-hybridized carbons (Fsp3) is 0.643. The maximum atomic E-state index is 11.4. The second-order valence-electron chi connectivity index (χ2n) is 5.73. The van der Waals surface area contributed by atoms with Crippen LogP contribution in [0.25, 0.3) is 0 Å². The number of nitrogens with one attached hydrogen (secondary N) is 1. The Bertz CT molecular complexity index is 425. The Hall–Kier alpha value is -1.65. The minimum absolute atomic E-state index is 0.0703. The van der Waals surface area contributed by atoms with Crippen LogP contribution >= 0.6 is 0 Å². The number of carbonyl (C=O) groups is 1. The molecule has 0 spiro atoms. The number of aromatic nitrogens is 2. The van der Waals surface area contributed by atoms with Gasteiger partial charge in [-0.25, -0.2) is 9.97 Å². The van der Waals surface area contributed by atoms with E-state index in [-0.39, 0.29) is 17.5 Å². The molecule has 0 radical (unpaired) electrons. The molecule has 1 aromatic heterocycles. The van der Waals surface area contributed by atoms with Gasteiger partial charge in [0, 0.05) is 18.2 Å². The molecule has 106 valence electrons. The quantitative estimate of drug-likeness (QED) is 0.829. The Morgan fingerprint density at radius 2 is 2.11 bits per heavy atom. The summed E-state index contributed by atoms with van der Waals surface area (Å²) in [5.74, 6) is 1.31. The molecule has 1 N–H and O–H groups in total. The lowest BCUT2D eigenvalue weighted by atomic mass is 9.96. The Morgan fingerprint density at radius 3 is 2.68 bits per heavy atom. The van der Waals surface area contributed by atoms with E-state index in [1.54, 1.807) is 12.3 Å². The van der Waals surface area contributed by atoms with Crippen molar-refractivity contribution < 1.29 is 9.53 Å². The van der Waals surface area contributed by atoms with Crippen molar-refractivity contribution in [3.63, 3.8) is 0 Å². The Balaban J connectivity index is 2.48. The van der Waals surface area contributed by atoms with Crippen LogP contribution in [-0.2, 0) is 14.9 Å². The molecule has 1 heterocycles. The summed E-state index contributed by atoms with van der Waals surface area (Å²) in [6.45, 7) is 10.4. The molecule has 0 atom stereocenters. The van der Waals surface area contributed by atoms with Crippen LogP contribution in [0.5, 0.6) is 0 Å². The average molecular weight is 265 g/mol. The molecule has 0 amide bonds. The highest BCUT2D eigenvalue weighted by Gasteiger charge is 2.17. The van der Waals surface area contributed by atoms with Crippen molar-refractivity contribution in [1.29, 1.82) is 0 Å². The molecule has 0 unspecified atom stereocenters. The van der Waals surface area contributed by atoms with Gasteiger partial charge < -0.3 is 10.1 Å². The predicted octanol–water partition coefficient (Wildman–Crippen LogP) is 2.53. The molecule has 5 heteroatoms. The predicted molar refractivity (Wildman–Crippen MR) is 75.1 cm³/mol. The van der Waals surface area contributed by atoms with Crippen LogP contribution in [0, 0.1) is 0 Å². The minimum atomic E-state index is -0.201. The number of esters is 1. The molecule has 0 saturated heterocycles. The molecule has 0 aliphatic rings. The van der Waals surface area contributed by atoms with E-state index in [2.05, 4.69) is 36.1 Å². The van der Waals surface area contributed by atoms with Gasteiger partial charge in [-0.3, -0.25) is 4.79 Å². The highest BCUT2D eigenvalue weighted by molar-refractivity contribution is 5.70. The third-order valence-corrected chi connectivity index (χ3v) is 2.33. The van der Waals surface area contributed by atoms with Crippen molar-refractivity contribution in [3.8, 4) is 0 Å². The minimum Gasteiger partial charge on any atom is -0.463 e. The van der Waals surface area contributed by atoms with E-state index in [1.807, 2.05) is 13.8 Å². The van der Waals surface area contributed by atoms with Crippen molar-refractivity contribution in [2.24, 2.45) is 0 Å². The number of rotatable bonds is 5. The molecule has 0 fully saturated rings. The van der Waals surface area contributed by atoms with Crippen LogP contribution in [0.15, 0.2) is 12.3 Å². The lowest BCUT2D eigenvalue weighted by Crippen LogP contribution is -2.18. The molecular weight excluding hydrogens is 242 g/mol. The van der Waals surface area contributed by atoms with E-state index in [4.69, 9.17) is 4.74 Å². The second-order valence-corrected chi connectivity index (χ2v) is 5.73.